The topological polar surface area (TPSA) is 67.8 Å². The third kappa shape index (κ3) is 5.02. The van der Waals surface area contributed by atoms with Crippen LogP contribution in [0.4, 0.5) is 0 Å². The first kappa shape index (κ1) is 15.8. The molecule has 2 N–H and O–H groups in total. The minimum absolute atomic E-state index is 0.247. The van der Waals surface area contributed by atoms with Crippen molar-refractivity contribution in [2.24, 2.45) is 5.41 Å². The van der Waals surface area contributed by atoms with Crippen molar-refractivity contribution >= 4 is 5.97 Å². The van der Waals surface area contributed by atoms with E-state index in [4.69, 9.17) is 14.6 Å². The van der Waals surface area contributed by atoms with Crippen LogP contribution in [-0.4, -0.2) is 44.5 Å². The highest BCUT2D eigenvalue weighted by molar-refractivity contribution is 5.87. The summed E-state index contributed by atoms with van der Waals surface area (Å²) >= 11 is 0. The molecule has 0 saturated heterocycles. The van der Waals surface area contributed by atoms with E-state index in [1.165, 1.54) is 12.8 Å². The Balaban J connectivity index is 1.64. The van der Waals surface area contributed by atoms with Crippen LogP contribution in [-0.2, 0) is 4.74 Å². The van der Waals surface area contributed by atoms with E-state index in [0.717, 1.165) is 26.1 Å². The molecule has 0 amide bonds. The maximum Gasteiger partial charge on any atom is 0.335 e. The number of hydrogen-bond acceptors (Lipinski definition) is 4. The normalized spacial score (nSPS) is 15.7. The lowest BCUT2D eigenvalue weighted by molar-refractivity contribution is 0.0696. The van der Waals surface area contributed by atoms with E-state index < -0.39 is 5.97 Å². The lowest BCUT2D eigenvalue weighted by Crippen LogP contribution is -2.28. The molecule has 1 aromatic carbocycles. The summed E-state index contributed by atoms with van der Waals surface area (Å²) in [6, 6.07) is 6.56. The predicted molar refractivity (Wildman–Crippen MR) is 79.9 cm³/mol. The first-order valence-corrected chi connectivity index (χ1v) is 7.31. The highest BCUT2D eigenvalue weighted by atomic mass is 16.5. The Morgan fingerprint density at radius 3 is 2.86 bits per heavy atom. The van der Waals surface area contributed by atoms with Gasteiger partial charge in [0.25, 0.3) is 0 Å². The van der Waals surface area contributed by atoms with Gasteiger partial charge in [-0.25, -0.2) is 4.79 Å². The number of aromatic carboxylic acids is 1. The average Bonchev–Trinajstić information content (AvgIpc) is 3.25. The lowest BCUT2D eigenvalue weighted by Gasteiger charge is -2.15. The molecule has 5 heteroatoms. The van der Waals surface area contributed by atoms with Crippen LogP contribution < -0.4 is 10.1 Å². The third-order valence-electron chi connectivity index (χ3n) is 3.92. The molecule has 116 valence electrons. The first-order chi connectivity index (χ1) is 10.2. The largest absolute Gasteiger partial charge is 0.492 e. The molecule has 1 fully saturated rings. The number of nitrogens with one attached hydrogen (secondary N) is 1. The number of carboxylic acids is 1. The standard InChI is InChI=1S/C16H23NO4/c1-20-9-7-16(5-6-16)12-17-8-10-21-14-4-2-3-13(11-14)15(18)19/h2-4,11,17H,5-10,12H2,1H3,(H,18,19). The molecule has 0 atom stereocenters. The van der Waals surface area contributed by atoms with E-state index in [9.17, 15) is 4.79 Å². The van der Waals surface area contributed by atoms with Crippen LogP contribution in [0.1, 0.15) is 29.6 Å². The molecule has 0 aliphatic heterocycles. The van der Waals surface area contributed by atoms with E-state index in [-0.39, 0.29) is 5.56 Å². The molecule has 0 aromatic heterocycles. The molecule has 0 unspecified atom stereocenters. The Labute approximate surface area is 125 Å². The van der Waals surface area contributed by atoms with Gasteiger partial charge < -0.3 is 19.9 Å². The second-order valence-corrected chi connectivity index (χ2v) is 5.60. The first-order valence-electron chi connectivity index (χ1n) is 7.31. The van der Waals surface area contributed by atoms with Crippen LogP contribution in [0.25, 0.3) is 0 Å². The second-order valence-electron chi connectivity index (χ2n) is 5.60. The van der Waals surface area contributed by atoms with Crippen LogP contribution in [0.2, 0.25) is 0 Å². The summed E-state index contributed by atoms with van der Waals surface area (Å²) in [5.74, 6) is -0.343. The van der Waals surface area contributed by atoms with E-state index in [1.807, 2.05) is 0 Å². The molecule has 1 saturated carbocycles. The molecule has 0 bridgehead atoms. The summed E-state index contributed by atoms with van der Waals surface area (Å²) < 4.78 is 10.7. The van der Waals surface area contributed by atoms with Gasteiger partial charge in [0.2, 0.25) is 0 Å². The number of ether oxygens (including phenoxy) is 2. The lowest BCUT2D eigenvalue weighted by atomic mass is 10.0. The zero-order valence-electron chi connectivity index (χ0n) is 12.4. The van der Waals surface area contributed by atoms with Crippen LogP contribution >= 0.6 is 0 Å². The smallest absolute Gasteiger partial charge is 0.335 e. The Morgan fingerprint density at radius 2 is 2.19 bits per heavy atom. The highest BCUT2D eigenvalue weighted by Gasteiger charge is 2.41. The maximum atomic E-state index is 10.9. The van der Waals surface area contributed by atoms with Gasteiger partial charge in [-0.1, -0.05) is 6.07 Å². The molecule has 0 heterocycles. The summed E-state index contributed by atoms with van der Waals surface area (Å²) in [7, 11) is 1.74. The van der Waals surface area contributed by atoms with Crippen LogP contribution in [0, 0.1) is 5.41 Å². The van der Waals surface area contributed by atoms with Crippen molar-refractivity contribution in [2.75, 3.05) is 33.4 Å². The van der Waals surface area contributed by atoms with Crippen molar-refractivity contribution < 1.29 is 19.4 Å². The number of hydrogen-bond donors (Lipinski definition) is 2. The molecule has 0 radical (unpaired) electrons. The quantitative estimate of drug-likeness (QED) is 0.647. The summed E-state index contributed by atoms with van der Waals surface area (Å²) in [6.45, 7) is 3.10. The molecule has 2 rings (SSSR count). The zero-order chi connectivity index (χ0) is 15.1. The average molecular weight is 293 g/mol. The van der Waals surface area contributed by atoms with Crippen molar-refractivity contribution in [1.82, 2.24) is 5.32 Å². The van der Waals surface area contributed by atoms with Crippen LogP contribution in [0.3, 0.4) is 0 Å². The third-order valence-corrected chi connectivity index (χ3v) is 3.92. The fourth-order valence-corrected chi connectivity index (χ4v) is 2.32. The van der Waals surface area contributed by atoms with Crippen LogP contribution in [0.5, 0.6) is 5.75 Å². The van der Waals surface area contributed by atoms with Gasteiger partial charge in [-0.15, -0.1) is 0 Å². The number of carbonyl (C=O) groups is 1. The summed E-state index contributed by atoms with van der Waals surface area (Å²) in [6.07, 6.45) is 3.65. The predicted octanol–water partition coefficient (Wildman–Crippen LogP) is 2.17. The van der Waals surface area contributed by atoms with E-state index in [0.29, 0.717) is 17.8 Å². The molecule has 1 aliphatic carbocycles. The van der Waals surface area contributed by atoms with Crippen molar-refractivity contribution in [2.45, 2.75) is 19.3 Å². The highest BCUT2D eigenvalue weighted by Crippen LogP contribution is 2.48. The summed E-state index contributed by atoms with van der Waals surface area (Å²) in [5.41, 5.74) is 0.677. The van der Waals surface area contributed by atoms with Gasteiger partial charge in [-0.2, -0.15) is 0 Å². The number of methoxy groups -OCH3 is 1. The Kier molecular flexibility index (Phi) is 5.59. The molecular formula is C16H23NO4. The van der Waals surface area contributed by atoms with Gasteiger partial charge in [0.1, 0.15) is 12.4 Å². The van der Waals surface area contributed by atoms with Gasteiger partial charge >= 0.3 is 5.97 Å². The van der Waals surface area contributed by atoms with Gasteiger partial charge in [0.05, 0.1) is 5.56 Å². The summed E-state index contributed by atoms with van der Waals surface area (Å²) in [5, 5.41) is 12.3. The maximum absolute atomic E-state index is 10.9. The Hall–Kier alpha value is -1.59. The minimum atomic E-state index is -0.938. The van der Waals surface area contributed by atoms with E-state index in [2.05, 4.69) is 5.32 Å². The van der Waals surface area contributed by atoms with Gasteiger partial charge in [0.15, 0.2) is 0 Å². The van der Waals surface area contributed by atoms with Gasteiger partial charge in [-0.05, 0) is 42.9 Å². The zero-order valence-corrected chi connectivity index (χ0v) is 12.4. The summed E-state index contributed by atoms with van der Waals surface area (Å²) in [4.78, 5) is 10.9. The van der Waals surface area contributed by atoms with Crippen molar-refractivity contribution in [3.8, 4) is 5.75 Å². The molecule has 21 heavy (non-hydrogen) atoms. The number of carboxylic acid groups (broad SMARTS) is 1. The second kappa shape index (κ2) is 7.43. The molecule has 1 aromatic rings. The number of benzene rings is 1. The van der Waals surface area contributed by atoms with E-state index >= 15 is 0 Å². The van der Waals surface area contributed by atoms with Crippen LogP contribution in [0.15, 0.2) is 24.3 Å². The molecular weight excluding hydrogens is 270 g/mol. The Bertz CT molecular complexity index is 471. The van der Waals surface area contributed by atoms with Crippen molar-refractivity contribution in [3.05, 3.63) is 29.8 Å². The minimum Gasteiger partial charge on any atom is -0.492 e. The fraction of sp³-hybridized carbons (Fsp3) is 0.562. The monoisotopic (exact) mass is 293 g/mol. The Morgan fingerprint density at radius 1 is 1.38 bits per heavy atom. The molecule has 5 nitrogen and oxygen atoms in total. The van der Waals surface area contributed by atoms with Gasteiger partial charge in [-0.3, -0.25) is 0 Å². The molecule has 1 aliphatic rings. The van der Waals surface area contributed by atoms with E-state index in [1.54, 1.807) is 31.4 Å². The fourth-order valence-electron chi connectivity index (χ4n) is 2.32. The van der Waals surface area contributed by atoms with Crippen molar-refractivity contribution in [1.29, 1.82) is 0 Å². The van der Waals surface area contributed by atoms with Crippen molar-refractivity contribution in [3.63, 3.8) is 0 Å². The molecule has 0 spiro atoms. The number of rotatable bonds is 10. The SMILES string of the molecule is COCCC1(CNCCOc2cccc(C(=O)O)c2)CC1. The van der Waals surface area contributed by atoms with Gasteiger partial charge in [0, 0.05) is 26.8 Å².